The molecule has 1 atom stereocenters. The molecule has 0 saturated carbocycles. The second-order valence-corrected chi connectivity index (χ2v) is 7.60. The maximum atomic E-state index is 5.94. The van der Waals surface area contributed by atoms with E-state index in [1.54, 1.807) is 0 Å². The predicted molar refractivity (Wildman–Crippen MR) is 109 cm³/mol. The minimum absolute atomic E-state index is 0.832. The van der Waals surface area contributed by atoms with Crippen LogP contribution in [0.15, 0.2) is 42.5 Å². The third-order valence-electron chi connectivity index (χ3n) is 5.37. The van der Waals surface area contributed by atoms with Crippen LogP contribution in [0.2, 0.25) is 0 Å². The largest absolute Gasteiger partial charge is 0.494 e. The number of allylic oxidation sites excluding steroid dienone is 2. The van der Waals surface area contributed by atoms with Crippen molar-refractivity contribution in [3.8, 4) is 5.75 Å². The number of fused-ring (bicyclic) bond motifs is 1. The molecule has 2 aromatic rings. The van der Waals surface area contributed by atoms with Gasteiger partial charge in [0.25, 0.3) is 0 Å². The lowest BCUT2D eigenvalue weighted by atomic mass is 9.87. The van der Waals surface area contributed by atoms with E-state index in [2.05, 4.69) is 56.3 Å². The predicted octanol–water partition coefficient (Wildman–Crippen LogP) is 7.39. The quantitative estimate of drug-likeness (QED) is 0.456. The molecule has 1 unspecified atom stereocenters. The summed E-state index contributed by atoms with van der Waals surface area (Å²) in [6.07, 6.45) is 12.6. The van der Waals surface area contributed by atoms with Crippen LogP contribution in [0.4, 0.5) is 0 Å². The molecule has 1 heteroatoms. The molecule has 0 heterocycles. The van der Waals surface area contributed by atoms with Crippen LogP contribution in [-0.2, 0) is 0 Å². The third kappa shape index (κ3) is 5.11. The first kappa shape index (κ1) is 18.0. The van der Waals surface area contributed by atoms with E-state index in [-0.39, 0.29) is 0 Å². The number of rotatable bonds is 8. The Morgan fingerprint density at radius 1 is 0.960 bits per heavy atom. The fourth-order valence-electron chi connectivity index (χ4n) is 3.64. The lowest BCUT2D eigenvalue weighted by molar-refractivity contribution is 0.305. The molecule has 3 rings (SSSR count). The molecule has 0 radical (unpaired) electrons. The van der Waals surface area contributed by atoms with Crippen LogP contribution < -0.4 is 4.74 Å². The van der Waals surface area contributed by atoms with Gasteiger partial charge in [0.2, 0.25) is 0 Å². The van der Waals surface area contributed by atoms with Crippen molar-refractivity contribution in [2.75, 3.05) is 6.61 Å². The van der Waals surface area contributed by atoms with E-state index in [1.165, 1.54) is 66.9 Å². The summed E-state index contributed by atoms with van der Waals surface area (Å²) in [4.78, 5) is 0. The monoisotopic (exact) mass is 336 g/mol. The smallest absolute Gasteiger partial charge is 0.119 e. The Morgan fingerprint density at radius 3 is 2.56 bits per heavy atom. The summed E-state index contributed by atoms with van der Waals surface area (Å²) in [6.45, 7) is 5.43. The maximum absolute atomic E-state index is 5.94. The summed E-state index contributed by atoms with van der Waals surface area (Å²) >= 11 is 0. The highest BCUT2D eigenvalue weighted by Crippen LogP contribution is 2.32. The van der Waals surface area contributed by atoms with Crippen LogP contribution in [0.5, 0.6) is 5.75 Å². The van der Waals surface area contributed by atoms with Crippen molar-refractivity contribution >= 4 is 16.3 Å². The number of hydrogen-bond acceptors (Lipinski definition) is 1. The highest BCUT2D eigenvalue weighted by Gasteiger charge is 2.11. The van der Waals surface area contributed by atoms with Crippen LogP contribution >= 0.6 is 0 Å². The molecule has 0 saturated heterocycles. The Balaban J connectivity index is 1.61. The van der Waals surface area contributed by atoms with Crippen LogP contribution in [-0.4, -0.2) is 6.61 Å². The van der Waals surface area contributed by atoms with Gasteiger partial charge in [-0.1, -0.05) is 63.8 Å². The van der Waals surface area contributed by atoms with Crippen molar-refractivity contribution in [1.29, 1.82) is 0 Å². The van der Waals surface area contributed by atoms with Gasteiger partial charge in [-0.15, -0.1) is 0 Å². The van der Waals surface area contributed by atoms with Crippen LogP contribution in [0.1, 0.15) is 70.8 Å². The Hall–Kier alpha value is -1.76. The zero-order valence-corrected chi connectivity index (χ0v) is 15.9. The van der Waals surface area contributed by atoms with E-state index in [0.29, 0.717) is 0 Å². The number of benzene rings is 2. The van der Waals surface area contributed by atoms with E-state index in [4.69, 9.17) is 4.74 Å². The first-order valence-electron chi connectivity index (χ1n) is 10.1. The Labute approximate surface area is 153 Å². The Morgan fingerprint density at radius 2 is 1.76 bits per heavy atom. The lowest BCUT2D eigenvalue weighted by Gasteiger charge is -2.18. The molecule has 25 heavy (non-hydrogen) atoms. The second kappa shape index (κ2) is 9.08. The van der Waals surface area contributed by atoms with Crippen molar-refractivity contribution in [2.45, 2.75) is 65.2 Å². The molecular formula is C24H32O. The molecule has 0 aliphatic heterocycles. The van der Waals surface area contributed by atoms with Gasteiger partial charge in [0.15, 0.2) is 0 Å². The molecule has 1 aliphatic carbocycles. The average Bonchev–Trinajstić information content (AvgIpc) is 2.65. The highest BCUT2D eigenvalue weighted by atomic mass is 16.5. The molecule has 1 aliphatic rings. The molecule has 0 N–H and O–H groups in total. The standard InChI is InChI=1S/C24H32O/c1-3-4-5-6-7-16-25-24-15-14-22-17-21(12-13-23(22)18-24)20-10-8-19(2)9-11-20/h10,12-15,17-19H,3-9,11,16H2,1-2H3. The lowest BCUT2D eigenvalue weighted by Crippen LogP contribution is -2.01. The van der Waals surface area contributed by atoms with E-state index in [1.807, 2.05) is 0 Å². The second-order valence-electron chi connectivity index (χ2n) is 7.60. The van der Waals surface area contributed by atoms with Gasteiger partial charge in [0.1, 0.15) is 5.75 Å². The van der Waals surface area contributed by atoms with Gasteiger partial charge in [0, 0.05) is 0 Å². The van der Waals surface area contributed by atoms with E-state index < -0.39 is 0 Å². The normalized spacial score (nSPS) is 17.5. The van der Waals surface area contributed by atoms with Gasteiger partial charge in [-0.05, 0) is 71.7 Å². The summed E-state index contributed by atoms with van der Waals surface area (Å²) < 4.78 is 5.94. The van der Waals surface area contributed by atoms with Gasteiger partial charge in [-0.25, -0.2) is 0 Å². The summed E-state index contributed by atoms with van der Waals surface area (Å²) in [6, 6.07) is 13.4. The molecular weight excluding hydrogens is 304 g/mol. The zero-order chi connectivity index (χ0) is 17.5. The number of hydrogen-bond donors (Lipinski definition) is 0. The van der Waals surface area contributed by atoms with Gasteiger partial charge in [0.05, 0.1) is 6.61 Å². The van der Waals surface area contributed by atoms with Crippen molar-refractivity contribution in [2.24, 2.45) is 5.92 Å². The SMILES string of the molecule is CCCCCCCOc1ccc2cc(C3=CCC(C)CC3)ccc2c1. The Kier molecular flexibility index (Phi) is 6.55. The first-order valence-corrected chi connectivity index (χ1v) is 10.1. The fourth-order valence-corrected chi connectivity index (χ4v) is 3.64. The van der Waals surface area contributed by atoms with Crippen molar-refractivity contribution in [3.05, 3.63) is 48.0 Å². The molecule has 2 aromatic carbocycles. The van der Waals surface area contributed by atoms with Crippen LogP contribution in [0.25, 0.3) is 16.3 Å². The van der Waals surface area contributed by atoms with Crippen molar-refractivity contribution in [1.82, 2.24) is 0 Å². The minimum atomic E-state index is 0.832. The Bertz CT molecular complexity index is 713. The van der Waals surface area contributed by atoms with Gasteiger partial charge in [-0.2, -0.15) is 0 Å². The average molecular weight is 337 g/mol. The molecule has 1 nitrogen and oxygen atoms in total. The summed E-state index contributed by atoms with van der Waals surface area (Å²) in [5.74, 6) is 1.84. The van der Waals surface area contributed by atoms with E-state index >= 15 is 0 Å². The molecule has 0 spiro atoms. The summed E-state index contributed by atoms with van der Waals surface area (Å²) in [7, 11) is 0. The van der Waals surface area contributed by atoms with Gasteiger partial charge in [-0.3, -0.25) is 0 Å². The summed E-state index contributed by atoms with van der Waals surface area (Å²) in [5, 5.41) is 2.59. The topological polar surface area (TPSA) is 9.23 Å². The van der Waals surface area contributed by atoms with Crippen molar-refractivity contribution < 1.29 is 4.74 Å². The van der Waals surface area contributed by atoms with E-state index in [0.717, 1.165) is 24.7 Å². The van der Waals surface area contributed by atoms with Crippen molar-refractivity contribution in [3.63, 3.8) is 0 Å². The van der Waals surface area contributed by atoms with E-state index in [9.17, 15) is 0 Å². The third-order valence-corrected chi connectivity index (χ3v) is 5.37. The van der Waals surface area contributed by atoms with Gasteiger partial charge < -0.3 is 4.74 Å². The van der Waals surface area contributed by atoms with Gasteiger partial charge >= 0.3 is 0 Å². The minimum Gasteiger partial charge on any atom is -0.494 e. The number of unbranched alkanes of at least 4 members (excludes halogenated alkanes) is 4. The molecule has 0 bridgehead atoms. The summed E-state index contributed by atoms with van der Waals surface area (Å²) in [5.41, 5.74) is 2.91. The fraction of sp³-hybridized carbons (Fsp3) is 0.500. The zero-order valence-electron chi connectivity index (χ0n) is 15.9. The highest BCUT2D eigenvalue weighted by molar-refractivity contribution is 5.87. The number of ether oxygens (including phenoxy) is 1. The molecule has 0 aromatic heterocycles. The molecule has 134 valence electrons. The first-order chi connectivity index (χ1) is 12.3. The van der Waals surface area contributed by atoms with Crippen LogP contribution in [0.3, 0.4) is 0 Å². The maximum Gasteiger partial charge on any atom is 0.119 e. The van der Waals surface area contributed by atoms with Crippen LogP contribution in [0, 0.1) is 5.92 Å². The molecule has 0 amide bonds. The molecule has 0 fully saturated rings.